The zero-order chi connectivity index (χ0) is 39.7. The Hall–Kier alpha value is -4.44. The molecule has 1 heterocycles. The molecule has 1 atom stereocenters. The Kier molecular flexibility index (Phi) is 17.5. The summed E-state index contributed by atoms with van der Waals surface area (Å²) >= 11 is 0. The van der Waals surface area contributed by atoms with E-state index in [1.807, 2.05) is 21.6 Å². The smallest absolute Gasteiger partial charge is 0.412 e. The fourth-order valence-electron chi connectivity index (χ4n) is 5.02. The van der Waals surface area contributed by atoms with Crippen LogP contribution in [0.3, 0.4) is 0 Å². The quantitative estimate of drug-likeness (QED) is 0.0914. The fraction of sp³-hybridized carbons (Fsp3) is 0.526. The van der Waals surface area contributed by atoms with Crippen molar-refractivity contribution < 1.29 is 38.2 Å². The highest BCUT2D eigenvalue weighted by Gasteiger charge is 2.20. The lowest BCUT2D eigenvalue weighted by Crippen LogP contribution is -2.46. The van der Waals surface area contributed by atoms with Crippen molar-refractivity contribution in [2.45, 2.75) is 90.1 Å². The topological polar surface area (TPSA) is 184 Å². The number of ether oxygens (including phenoxy) is 2. The number of hydrogen-bond acceptors (Lipinski definition) is 10. The number of amides is 6. The van der Waals surface area contributed by atoms with Gasteiger partial charge in [0.2, 0.25) is 11.8 Å². The first-order valence-electron chi connectivity index (χ1n) is 18.1. The molecule has 6 amide bonds. The van der Waals surface area contributed by atoms with E-state index in [0.29, 0.717) is 34.2 Å². The standard InChI is InChI=1S/C38H54N6O8S2/c1-37(2,3)51-35(49)42-28-15-11-26(12-16-28)33(47)39-20-22-44(32(46)25-41-31(45)10-8-7-9-30-19-24-53-54-30)23-21-40-34(48)27-13-17-29(18-14-27)43-36(50)52-38(4,5)6/h11-18,30H,7-10,19-25H2,1-6H3,(H,39,47)(H,40,48)(H,41,45)(H,42,49)(H,43,50). The minimum absolute atomic E-state index is 0.105. The van der Waals surface area contributed by atoms with Crippen molar-refractivity contribution in [3.05, 3.63) is 59.7 Å². The number of nitrogens with zero attached hydrogens (tertiary/aromatic N) is 1. The van der Waals surface area contributed by atoms with E-state index in [1.165, 1.54) is 17.1 Å². The number of hydrogen-bond donors (Lipinski definition) is 5. The molecule has 1 aliphatic rings. The Balaban J connectivity index is 1.51. The lowest BCUT2D eigenvalue weighted by Gasteiger charge is -2.23. The molecule has 1 fully saturated rings. The molecule has 0 aliphatic carbocycles. The highest BCUT2D eigenvalue weighted by atomic mass is 33.1. The number of benzene rings is 2. The maximum absolute atomic E-state index is 13.3. The van der Waals surface area contributed by atoms with Crippen LogP contribution in [0.25, 0.3) is 0 Å². The molecule has 16 heteroatoms. The summed E-state index contributed by atoms with van der Waals surface area (Å²) in [5.41, 5.74) is 0.307. The van der Waals surface area contributed by atoms with Gasteiger partial charge < -0.3 is 30.3 Å². The van der Waals surface area contributed by atoms with Gasteiger partial charge in [-0.2, -0.15) is 0 Å². The van der Waals surface area contributed by atoms with Crippen molar-refractivity contribution >= 4 is 68.8 Å². The van der Waals surface area contributed by atoms with Crippen LogP contribution in [0.5, 0.6) is 0 Å². The first kappa shape index (κ1) is 44.0. The summed E-state index contributed by atoms with van der Waals surface area (Å²) in [5.74, 6) is -0.153. The van der Waals surface area contributed by atoms with E-state index in [0.717, 1.165) is 19.3 Å². The van der Waals surface area contributed by atoms with Gasteiger partial charge in [0, 0.05) is 66.1 Å². The number of rotatable bonds is 17. The molecule has 0 bridgehead atoms. The summed E-state index contributed by atoms with van der Waals surface area (Å²) in [6.45, 7) is 10.8. The van der Waals surface area contributed by atoms with Crippen LogP contribution in [0.2, 0.25) is 0 Å². The molecule has 1 saturated heterocycles. The molecular formula is C38H54N6O8S2. The molecular weight excluding hydrogens is 733 g/mol. The van der Waals surface area contributed by atoms with Gasteiger partial charge in [-0.25, -0.2) is 9.59 Å². The maximum atomic E-state index is 13.3. The van der Waals surface area contributed by atoms with Gasteiger partial charge in [-0.15, -0.1) is 0 Å². The van der Waals surface area contributed by atoms with Gasteiger partial charge in [0.05, 0.1) is 6.54 Å². The first-order chi connectivity index (χ1) is 25.5. The Labute approximate surface area is 325 Å². The van der Waals surface area contributed by atoms with Crippen LogP contribution in [-0.2, 0) is 19.1 Å². The van der Waals surface area contributed by atoms with Crippen LogP contribution < -0.4 is 26.6 Å². The average Bonchev–Trinajstić information content (AvgIpc) is 3.61. The van der Waals surface area contributed by atoms with Crippen LogP contribution in [0.15, 0.2) is 48.5 Å². The predicted molar refractivity (Wildman–Crippen MR) is 214 cm³/mol. The highest BCUT2D eigenvalue weighted by molar-refractivity contribution is 8.77. The molecule has 2 aromatic carbocycles. The predicted octanol–water partition coefficient (Wildman–Crippen LogP) is 6.20. The van der Waals surface area contributed by atoms with Gasteiger partial charge in [-0.3, -0.25) is 29.8 Å². The second kappa shape index (κ2) is 21.4. The number of nitrogens with one attached hydrogen (secondary N) is 5. The summed E-state index contributed by atoms with van der Waals surface area (Å²) in [6.07, 6.45) is 3.10. The van der Waals surface area contributed by atoms with Crippen molar-refractivity contribution in [1.29, 1.82) is 0 Å². The van der Waals surface area contributed by atoms with E-state index in [-0.39, 0.29) is 56.4 Å². The lowest BCUT2D eigenvalue weighted by atomic mass is 10.1. The van der Waals surface area contributed by atoms with Crippen LogP contribution >= 0.6 is 21.6 Å². The van der Waals surface area contributed by atoms with E-state index in [9.17, 15) is 28.8 Å². The summed E-state index contributed by atoms with van der Waals surface area (Å²) in [5, 5.41) is 14.2. The van der Waals surface area contributed by atoms with Crippen molar-refractivity contribution in [3.63, 3.8) is 0 Å². The number of unbranched alkanes of at least 4 members (excludes halogenated alkanes) is 1. The third kappa shape index (κ3) is 17.6. The van der Waals surface area contributed by atoms with Crippen LogP contribution in [0, 0.1) is 0 Å². The van der Waals surface area contributed by atoms with Crippen LogP contribution in [0.4, 0.5) is 21.0 Å². The molecule has 2 aromatic rings. The molecule has 14 nitrogen and oxygen atoms in total. The Morgan fingerprint density at radius 1 is 0.704 bits per heavy atom. The van der Waals surface area contributed by atoms with E-state index >= 15 is 0 Å². The average molecular weight is 787 g/mol. The van der Waals surface area contributed by atoms with E-state index in [1.54, 1.807) is 90.1 Å². The Morgan fingerprint density at radius 3 is 1.61 bits per heavy atom. The largest absolute Gasteiger partial charge is 0.444 e. The molecule has 0 saturated carbocycles. The van der Waals surface area contributed by atoms with Crippen LogP contribution in [0.1, 0.15) is 94.4 Å². The summed E-state index contributed by atoms with van der Waals surface area (Å²) in [6, 6.07) is 12.6. The molecule has 54 heavy (non-hydrogen) atoms. The van der Waals surface area contributed by atoms with E-state index in [2.05, 4.69) is 26.6 Å². The monoisotopic (exact) mass is 786 g/mol. The number of carbonyl (C=O) groups excluding carboxylic acids is 6. The third-order valence-electron chi connectivity index (χ3n) is 7.62. The molecule has 0 aromatic heterocycles. The molecule has 0 radical (unpaired) electrons. The normalized spacial score (nSPS) is 14.0. The maximum Gasteiger partial charge on any atom is 0.412 e. The Morgan fingerprint density at radius 2 is 1.19 bits per heavy atom. The summed E-state index contributed by atoms with van der Waals surface area (Å²) in [4.78, 5) is 77.1. The van der Waals surface area contributed by atoms with Gasteiger partial charge in [0.15, 0.2) is 0 Å². The van der Waals surface area contributed by atoms with Gasteiger partial charge >= 0.3 is 12.2 Å². The second-order valence-electron chi connectivity index (χ2n) is 14.7. The van der Waals surface area contributed by atoms with Crippen LogP contribution in [-0.4, -0.2) is 95.6 Å². The minimum Gasteiger partial charge on any atom is -0.444 e. The van der Waals surface area contributed by atoms with Crippen molar-refractivity contribution in [3.8, 4) is 0 Å². The molecule has 1 unspecified atom stereocenters. The third-order valence-corrected chi connectivity index (χ3v) is 10.6. The summed E-state index contributed by atoms with van der Waals surface area (Å²) < 4.78 is 10.5. The highest BCUT2D eigenvalue weighted by Crippen LogP contribution is 2.39. The summed E-state index contributed by atoms with van der Waals surface area (Å²) in [7, 11) is 3.81. The number of carbonyl (C=O) groups is 6. The molecule has 5 N–H and O–H groups in total. The van der Waals surface area contributed by atoms with Gasteiger partial charge in [-0.1, -0.05) is 28.0 Å². The Bertz CT molecular complexity index is 1480. The van der Waals surface area contributed by atoms with E-state index < -0.39 is 23.4 Å². The fourth-order valence-corrected chi connectivity index (χ4v) is 8.05. The molecule has 296 valence electrons. The molecule has 3 rings (SSSR count). The van der Waals surface area contributed by atoms with Gasteiger partial charge in [0.1, 0.15) is 11.2 Å². The lowest BCUT2D eigenvalue weighted by molar-refractivity contribution is -0.132. The van der Waals surface area contributed by atoms with Gasteiger partial charge in [0.25, 0.3) is 11.8 Å². The SMILES string of the molecule is CC(C)(C)OC(=O)Nc1ccc(C(=O)NCCN(CCNC(=O)c2ccc(NC(=O)OC(C)(C)C)cc2)C(=O)CNC(=O)CCCCC2CCSS2)cc1. The first-order valence-corrected chi connectivity index (χ1v) is 20.4. The van der Waals surface area contributed by atoms with Crippen molar-refractivity contribution in [2.24, 2.45) is 0 Å². The minimum atomic E-state index is -0.654. The zero-order valence-corrected chi connectivity index (χ0v) is 33.6. The number of anilines is 2. The zero-order valence-electron chi connectivity index (χ0n) is 32.0. The van der Waals surface area contributed by atoms with E-state index in [4.69, 9.17) is 9.47 Å². The second-order valence-corrected chi connectivity index (χ2v) is 17.4. The molecule has 0 spiro atoms. The van der Waals surface area contributed by atoms with Gasteiger partial charge in [-0.05, 0) is 109 Å². The van der Waals surface area contributed by atoms with Crippen molar-refractivity contribution in [2.75, 3.05) is 49.1 Å². The molecule has 1 aliphatic heterocycles. The van der Waals surface area contributed by atoms with Crippen molar-refractivity contribution in [1.82, 2.24) is 20.9 Å².